The summed E-state index contributed by atoms with van der Waals surface area (Å²) < 4.78 is 33.2. The fourth-order valence-corrected chi connectivity index (χ4v) is 4.32. The Hall–Kier alpha value is -1.27. The lowest BCUT2D eigenvalue weighted by molar-refractivity contribution is 0.372. The summed E-state index contributed by atoms with van der Waals surface area (Å²) in [6.45, 7) is 6.14. The van der Waals surface area contributed by atoms with Crippen molar-refractivity contribution in [2.45, 2.75) is 51.0 Å². The van der Waals surface area contributed by atoms with E-state index in [0.717, 1.165) is 24.8 Å². The molecule has 0 heterocycles. The highest BCUT2D eigenvalue weighted by Crippen LogP contribution is 2.38. The molecule has 1 aromatic rings. The van der Waals surface area contributed by atoms with E-state index in [1.165, 1.54) is 13.2 Å². The largest absolute Gasteiger partial charge is 0.495 e. The Morgan fingerprint density at radius 1 is 1.38 bits per heavy atom. The van der Waals surface area contributed by atoms with Crippen LogP contribution in [-0.2, 0) is 10.0 Å². The smallest absolute Gasteiger partial charge is 0.244 e. The summed E-state index contributed by atoms with van der Waals surface area (Å²) in [6.07, 6.45) is 2.72. The van der Waals surface area contributed by atoms with Gasteiger partial charge in [-0.25, -0.2) is 13.1 Å². The lowest BCUT2D eigenvalue weighted by Gasteiger charge is -2.19. The SMILES string of the molecule is COc1cc(C)c(N)cc1S(=O)(=O)NC1CCC(C)(C)C1. The molecule has 0 bridgehead atoms. The molecule has 1 fully saturated rings. The third kappa shape index (κ3) is 3.49. The van der Waals surface area contributed by atoms with Crippen LogP contribution in [0.5, 0.6) is 5.75 Å². The zero-order valence-electron chi connectivity index (χ0n) is 13.1. The fourth-order valence-electron chi connectivity index (χ4n) is 2.87. The number of rotatable bonds is 4. The molecular formula is C15H24N2O3S. The van der Waals surface area contributed by atoms with Gasteiger partial charge in [0.2, 0.25) is 10.0 Å². The third-order valence-corrected chi connectivity index (χ3v) is 5.67. The van der Waals surface area contributed by atoms with Crippen molar-refractivity contribution in [3.8, 4) is 5.75 Å². The quantitative estimate of drug-likeness (QED) is 0.837. The van der Waals surface area contributed by atoms with Gasteiger partial charge in [-0.2, -0.15) is 0 Å². The van der Waals surface area contributed by atoms with Gasteiger partial charge in [0.05, 0.1) is 7.11 Å². The van der Waals surface area contributed by atoms with Crippen molar-refractivity contribution in [3.05, 3.63) is 17.7 Å². The molecule has 21 heavy (non-hydrogen) atoms. The van der Waals surface area contributed by atoms with Gasteiger partial charge in [0, 0.05) is 11.7 Å². The normalized spacial score (nSPS) is 21.4. The predicted octanol–water partition coefficient (Wildman–Crippen LogP) is 2.44. The van der Waals surface area contributed by atoms with Crippen LogP contribution >= 0.6 is 0 Å². The highest BCUT2D eigenvalue weighted by Gasteiger charge is 2.34. The van der Waals surface area contributed by atoms with Gasteiger partial charge in [-0.15, -0.1) is 0 Å². The van der Waals surface area contributed by atoms with Gasteiger partial charge in [0.15, 0.2) is 0 Å². The van der Waals surface area contributed by atoms with Crippen molar-refractivity contribution >= 4 is 15.7 Å². The number of hydrogen-bond donors (Lipinski definition) is 2. The first-order valence-electron chi connectivity index (χ1n) is 7.11. The Labute approximate surface area is 126 Å². The van der Waals surface area contributed by atoms with E-state index in [0.29, 0.717) is 11.4 Å². The van der Waals surface area contributed by atoms with E-state index >= 15 is 0 Å². The van der Waals surface area contributed by atoms with Crippen molar-refractivity contribution in [2.75, 3.05) is 12.8 Å². The predicted molar refractivity (Wildman–Crippen MR) is 83.9 cm³/mol. The van der Waals surface area contributed by atoms with Crippen LogP contribution in [0.3, 0.4) is 0 Å². The van der Waals surface area contributed by atoms with Crippen molar-refractivity contribution < 1.29 is 13.2 Å². The van der Waals surface area contributed by atoms with E-state index in [2.05, 4.69) is 18.6 Å². The second-order valence-corrected chi connectivity index (χ2v) is 8.27. The maximum Gasteiger partial charge on any atom is 0.244 e. The Morgan fingerprint density at radius 3 is 2.57 bits per heavy atom. The minimum Gasteiger partial charge on any atom is -0.495 e. The Morgan fingerprint density at radius 2 is 2.05 bits per heavy atom. The summed E-state index contributed by atoms with van der Waals surface area (Å²) >= 11 is 0. The molecule has 118 valence electrons. The van der Waals surface area contributed by atoms with Gasteiger partial charge < -0.3 is 10.5 Å². The molecule has 0 spiro atoms. The number of nitrogens with one attached hydrogen (secondary N) is 1. The van der Waals surface area contributed by atoms with Crippen LogP contribution in [0.25, 0.3) is 0 Å². The third-order valence-electron chi connectivity index (χ3n) is 4.13. The first kappa shape index (κ1) is 16.1. The molecule has 0 aromatic heterocycles. The molecule has 0 radical (unpaired) electrons. The number of methoxy groups -OCH3 is 1. The number of ether oxygens (including phenoxy) is 1. The van der Waals surface area contributed by atoms with Gasteiger partial charge in [-0.1, -0.05) is 13.8 Å². The van der Waals surface area contributed by atoms with Gasteiger partial charge >= 0.3 is 0 Å². The molecule has 0 amide bonds. The zero-order chi connectivity index (χ0) is 15.8. The molecule has 1 aliphatic carbocycles. The van der Waals surface area contributed by atoms with E-state index < -0.39 is 10.0 Å². The van der Waals surface area contributed by atoms with E-state index in [4.69, 9.17) is 10.5 Å². The number of anilines is 1. The molecule has 1 unspecified atom stereocenters. The summed E-state index contributed by atoms with van der Waals surface area (Å²) in [5, 5.41) is 0. The van der Waals surface area contributed by atoms with Crippen LogP contribution in [-0.4, -0.2) is 21.6 Å². The maximum absolute atomic E-state index is 12.6. The molecule has 3 N–H and O–H groups in total. The van der Waals surface area contributed by atoms with Crippen molar-refractivity contribution in [1.29, 1.82) is 0 Å². The van der Waals surface area contributed by atoms with Crippen molar-refractivity contribution in [2.24, 2.45) is 5.41 Å². The molecular weight excluding hydrogens is 288 g/mol. The van der Waals surface area contributed by atoms with Gasteiger partial charge in [0.25, 0.3) is 0 Å². The van der Waals surface area contributed by atoms with Crippen LogP contribution in [0.15, 0.2) is 17.0 Å². The lowest BCUT2D eigenvalue weighted by Crippen LogP contribution is -2.33. The molecule has 1 aliphatic rings. The second kappa shape index (κ2) is 5.50. The highest BCUT2D eigenvalue weighted by atomic mass is 32.2. The standard InChI is InChI=1S/C15H24N2O3S/c1-10-7-13(20-4)14(8-12(10)16)21(18,19)17-11-5-6-15(2,3)9-11/h7-8,11,17H,5-6,9,16H2,1-4H3. The van der Waals surface area contributed by atoms with Crippen LogP contribution in [0.1, 0.15) is 38.7 Å². The molecule has 1 aromatic carbocycles. The minimum absolute atomic E-state index is 0.0303. The number of aryl methyl sites for hydroxylation is 1. The molecule has 1 saturated carbocycles. The van der Waals surface area contributed by atoms with E-state index in [1.54, 1.807) is 6.07 Å². The average Bonchev–Trinajstić information content (AvgIpc) is 2.70. The number of benzene rings is 1. The second-order valence-electron chi connectivity index (χ2n) is 6.58. The van der Waals surface area contributed by atoms with Crippen LogP contribution in [0.4, 0.5) is 5.69 Å². The van der Waals surface area contributed by atoms with Crippen LogP contribution < -0.4 is 15.2 Å². The summed E-state index contributed by atoms with van der Waals surface area (Å²) in [7, 11) is -2.17. The summed E-state index contributed by atoms with van der Waals surface area (Å²) in [4.78, 5) is 0.109. The summed E-state index contributed by atoms with van der Waals surface area (Å²) in [5.74, 6) is 0.325. The number of nitrogens with two attached hydrogens (primary N) is 1. The first-order chi connectivity index (χ1) is 9.64. The average molecular weight is 312 g/mol. The molecule has 2 rings (SSSR count). The summed E-state index contributed by atoms with van der Waals surface area (Å²) in [6, 6.07) is 3.09. The van der Waals surface area contributed by atoms with Crippen molar-refractivity contribution in [3.63, 3.8) is 0 Å². The van der Waals surface area contributed by atoms with Gasteiger partial charge in [-0.3, -0.25) is 0 Å². The van der Waals surface area contributed by atoms with E-state index in [1.807, 2.05) is 6.92 Å². The fraction of sp³-hybridized carbons (Fsp3) is 0.600. The molecule has 6 heteroatoms. The Kier molecular flexibility index (Phi) is 4.22. The van der Waals surface area contributed by atoms with E-state index in [-0.39, 0.29) is 16.4 Å². The van der Waals surface area contributed by atoms with Gasteiger partial charge in [-0.05, 0) is 49.3 Å². The maximum atomic E-state index is 12.6. The number of hydrogen-bond acceptors (Lipinski definition) is 4. The molecule has 0 aliphatic heterocycles. The molecule has 1 atom stereocenters. The van der Waals surface area contributed by atoms with E-state index in [9.17, 15) is 8.42 Å². The summed E-state index contributed by atoms with van der Waals surface area (Å²) in [5.41, 5.74) is 7.27. The lowest BCUT2D eigenvalue weighted by atomic mass is 9.92. The first-order valence-corrected chi connectivity index (χ1v) is 8.59. The number of nitrogen functional groups attached to an aromatic ring is 1. The minimum atomic E-state index is -3.63. The molecule has 5 nitrogen and oxygen atoms in total. The molecule has 0 saturated heterocycles. The topological polar surface area (TPSA) is 81.4 Å². The highest BCUT2D eigenvalue weighted by molar-refractivity contribution is 7.89. The Balaban J connectivity index is 2.30. The van der Waals surface area contributed by atoms with Crippen LogP contribution in [0, 0.1) is 12.3 Å². The van der Waals surface area contributed by atoms with Gasteiger partial charge in [0.1, 0.15) is 10.6 Å². The van der Waals surface area contributed by atoms with Crippen LogP contribution in [0.2, 0.25) is 0 Å². The number of sulfonamides is 1. The Bertz CT molecular complexity index is 639. The monoisotopic (exact) mass is 312 g/mol. The zero-order valence-corrected chi connectivity index (χ0v) is 13.9. The van der Waals surface area contributed by atoms with Crippen molar-refractivity contribution in [1.82, 2.24) is 4.72 Å².